The van der Waals surface area contributed by atoms with Gasteiger partial charge in [0.2, 0.25) is 0 Å². The summed E-state index contributed by atoms with van der Waals surface area (Å²) in [6.07, 6.45) is 1.18. The number of anilines is 2. The molecule has 0 saturated heterocycles. The fourth-order valence-electron chi connectivity index (χ4n) is 1.91. The predicted molar refractivity (Wildman–Crippen MR) is 86.3 cm³/mol. The van der Waals surface area contributed by atoms with Gasteiger partial charge in [0.1, 0.15) is 5.00 Å². The van der Waals surface area contributed by atoms with Crippen molar-refractivity contribution in [1.29, 1.82) is 0 Å². The zero-order chi connectivity index (χ0) is 16.0. The first-order valence-corrected chi connectivity index (χ1v) is 7.74. The number of carbonyl (C=O) groups is 2. The minimum Gasteiger partial charge on any atom is -0.397 e. The number of nitrogen functional groups attached to an aromatic ring is 1. The summed E-state index contributed by atoms with van der Waals surface area (Å²) in [4.78, 5) is 24.4. The number of nitrogens with one attached hydrogen (secondary N) is 2. The second kappa shape index (κ2) is 7.99. The van der Waals surface area contributed by atoms with E-state index in [1.165, 1.54) is 18.4 Å². The van der Waals surface area contributed by atoms with Crippen LogP contribution in [0.1, 0.15) is 46.7 Å². The monoisotopic (exact) mass is 313 g/mol. The van der Waals surface area contributed by atoms with Gasteiger partial charge in [0.25, 0.3) is 5.91 Å². The third-order valence-electron chi connectivity index (χ3n) is 3.17. The number of amides is 1. The topological polar surface area (TPSA) is 93.4 Å². The summed E-state index contributed by atoms with van der Waals surface area (Å²) in [5, 5.41) is 6.43. The highest BCUT2D eigenvalue weighted by molar-refractivity contribution is 7.19. The van der Waals surface area contributed by atoms with Crippen molar-refractivity contribution in [2.75, 3.05) is 31.8 Å². The first-order valence-electron chi connectivity index (χ1n) is 6.93. The molecule has 0 radical (unpaired) electrons. The molecular weight excluding hydrogens is 290 g/mol. The molecule has 1 rings (SSSR count). The van der Waals surface area contributed by atoms with Crippen LogP contribution in [0, 0.1) is 0 Å². The average Bonchev–Trinajstić information content (AvgIpc) is 2.81. The Hall–Kier alpha value is -1.60. The lowest BCUT2D eigenvalue weighted by Crippen LogP contribution is -2.26. The van der Waals surface area contributed by atoms with E-state index >= 15 is 0 Å². The van der Waals surface area contributed by atoms with Crippen molar-refractivity contribution in [2.45, 2.75) is 32.7 Å². The Morgan fingerprint density at radius 2 is 2.05 bits per heavy atom. The van der Waals surface area contributed by atoms with Gasteiger partial charge in [0.05, 0.1) is 22.7 Å². The normalized spacial score (nSPS) is 12.0. The van der Waals surface area contributed by atoms with Crippen LogP contribution in [-0.4, -0.2) is 38.5 Å². The van der Waals surface area contributed by atoms with Crippen LogP contribution in [0.2, 0.25) is 0 Å². The van der Waals surface area contributed by atoms with E-state index in [1.807, 2.05) is 6.92 Å². The summed E-state index contributed by atoms with van der Waals surface area (Å²) in [5.41, 5.74) is 6.60. The van der Waals surface area contributed by atoms with Gasteiger partial charge in [-0.3, -0.25) is 9.59 Å². The molecule has 6 nitrogen and oxygen atoms in total. The molecule has 21 heavy (non-hydrogen) atoms. The SMILES string of the molecule is CCC(=O)c1sc(NC(CC)COC)c(C(=O)NC)c1N. The van der Waals surface area contributed by atoms with Crippen LogP contribution in [0.5, 0.6) is 0 Å². The lowest BCUT2D eigenvalue weighted by Gasteiger charge is -2.17. The summed E-state index contributed by atoms with van der Waals surface area (Å²) in [5.74, 6) is -0.357. The van der Waals surface area contributed by atoms with Crippen molar-refractivity contribution < 1.29 is 14.3 Å². The Bertz CT molecular complexity index is 514. The van der Waals surface area contributed by atoms with Crippen molar-refractivity contribution >= 4 is 33.7 Å². The molecule has 0 aromatic carbocycles. The van der Waals surface area contributed by atoms with Crippen LogP contribution in [0.25, 0.3) is 0 Å². The number of thiophene rings is 1. The molecule has 4 N–H and O–H groups in total. The van der Waals surface area contributed by atoms with E-state index in [0.29, 0.717) is 28.5 Å². The molecule has 1 atom stereocenters. The number of hydrogen-bond acceptors (Lipinski definition) is 6. The van der Waals surface area contributed by atoms with E-state index in [9.17, 15) is 9.59 Å². The second-order valence-electron chi connectivity index (χ2n) is 4.61. The molecule has 0 fully saturated rings. The van der Waals surface area contributed by atoms with Gasteiger partial charge < -0.3 is 21.1 Å². The number of hydrogen-bond donors (Lipinski definition) is 3. The highest BCUT2D eigenvalue weighted by Crippen LogP contribution is 2.37. The minimum absolute atomic E-state index is 0.0565. The van der Waals surface area contributed by atoms with Crippen molar-refractivity contribution in [3.05, 3.63) is 10.4 Å². The zero-order valence-electron chi connectivity index (χ0n) is 12.9. The summed E-state index contributed by atoms with van der Waals surface area (Å²) in [6.45, 7) is 4.30. The predicted octanol–water partition coefficient (Wildman–Crippen LogP) is 2.12. The highest BCUT2D eigenvalue weighted by Gasteiger charge is 2.25. The maximum absolute atomic E-state index is 12.0. The molecule has 1 aromatic heterocycles. The van der Waals surface area contributed by atoms with E-state index in [2.05, 4.69) is 10.6 Å². The van der Waals surface area contributed by atoms with Crippen molar-refractivity contribution in [1.82, 2.24) is 5.32 Å². The Kier molecular flexibility index (Phi) is 6.64. The summed E-state index contributed by atoms with van der Waals surface area (Å²) >= 11 is 1.23. The number of carbonyl (C=O) groups excluding carboxylic acids is 2. The zero-order valence-corrected chi connectivity index (χ0v) is 13.7. The number of ether oxygens (including phenoxy) is 1. The third kappa shape index (κ3) is 3.95. The van der Waals surface area contributed by atoms with E-state index < -0.39 is 0 Å². The molecule has 0 bridgehead atoms. The molecule has 0 aliphatic carbocycles. The molecule has 0 spiro atoms. The quantitative estimate of drug-likeness (QED) is 0.639. The van der Waals surface area contributed by atoms with Gasteiger partial charge in [-0.1, -0.05) is 13.8 Å². The average molecular weight is 313 g/mol. The molecule has 0 aliphatic heterocycles. The summed E-state index contributed by atoms with van der Waals surface area (Å²) in [7, 11) is 3.16. The van der Waals surface area contributed by atoms with Crippen molar-refractivity contribution in [2.24, 2.45) is 0 Å². The van der Waals surface area contributed by atoms with Crippen LogP contribution in [0.4, 0.5) is 10.7 Å². The molecule has 7 heteroatoms. The van der Waals surface area contributed by atoms with Crippen LogP contribution < -0.4 is 16.4 Å². The minimum atomic E-state index is -0.298. The van der Waals surface area contributed by atoms with Gasteiger partial charge in [-0.05, 0) is 6.42 Å². The maximum atomic E-state index is 12.0. The van der Waals surface area contributed by atoms with Gasteiger partial charge in [-0.2, -0.15) is 0 Å². The number of rotatable bonds is 8. The molecule has 1 heterocycles. The van der Waals surface area contributed by atoms with Gasteiger partial charge in [0, 0.05) is 26.6 Å². The van der Waals surface area contributed by atoms with Crippen molar-refractivity contribution in [3.8, 4) is 0 Å². The van der Waals surface area contributed by atoms with Gasteiger partial charge in [-0.15, -0.1) is 11.3 Å². The highest BCUT2D eigenvalue weighted by atomic mass is 32.1. The van der Waals surface area contributed by atoms with Gasteiger partial charge in [0.15, 0.2) is 5.78 Å². The lowest BCUT2D eigenvalue weighted by molar-refractivity contribution is 0.0964. The maximum Gasteiger partial charge on any atom is 0.256 e. The standard InChI is InChI=1S/C14H23N3O3S/c1-5-8(7-20-4)17-14-10(13(19)16-3)11(15)12(21-14)9(18)6-2/h8,17H,5-7,15H2,1-4H3,(H,16,19). The first-order chi connectivity index (χ1) is 9.99. The van der Waals surface area contributed by atoms with Crippen LogP contribution in [0.15, 0.2) is 0 Å². The summed E-state index contributed by atoms with van der Waals surface area (Å²) in [6, 6.07) is 0.0565. The van der Waals surface area contributed by atoms with Crippen LogP contribution >= 0.6 is 11.3 Å². The number of ketones is 1. The smallest absolute Gasteiger partial charge is 0.256 e. The second-order valence-corrected chi connectivity index (χ2v) is 5.63. The number of nitrogens with two attached hydrogens (primary N) is 1. The van der Waals surface area contributed by atoms with E-state index in [-0.39, 0.29) is 23.4 Å². The molecule has 0 saturated carbocycles. The summed E-state index contributed by atoms with van der Waals surface area (Å²) < 4.78 is 5.14. The number of Topliss-reactive ketones (excluding diaryl/α,β-unsaturated/α-hetero) is 1. The third-order valence-corrected chi connectivity index (χ3v) is 4.35. The fourth-order valence-corrected chi connectivity index (χ4v) is 3.12. The molecule has 118 valence electrons. The molecular formula is C14H23N3O3S. The fraction of sp³-hybridized carbons (Fsp3) is 0.571. The molecule has 1 aromatic rings. The van der Waals surface area contributed by atoms with Gasteiger partial charge in [-0.25, -0.2) is 0 Å². The Morgan fingerprint density at radius 3 is 2.52 bits per heavy atom. The molecule has 1 amide bonds. The van der Waals surface area contributed by atoms with Gasteiger partial charge >= 0.3 is 0 Å². The van der Waals surface area contributed by atoms with Crippen LogP contribution in [-0.2, 0) is 4.74 Å². The largest absolute Gasteiger partial charge is 0.397 e. The Labute approximate surface area is 129 Å². The lowest BCUT2D eigenvalue weighted by atomic mass is 10.1. The Morgan fingerprint density at radius 1 is 1.38 bits per heavy atom. The molecule has 0 aliphatic rings. The van der Waals surface area contributed by atoms with E-state index in [0.717, 1.165) is 6.42 Å². The van der Waals surface area contributed by atoms with E-state index in [4.69, 9.17) is 10.5 Å². The first kappa shape index (κ1) is 17.5. The number of methoxy groups -OCH3 is 1. The van der Waals surface area contributed by atoms with Crippen molar-refractivity contribution in [3.63, 3.8) is 0 Å². The molecule has 1 unspecified atom stereocenters. The van der Waals surface area contributed by atoms with Crippen LogP contribution in [0.3, 0.4) is 0 Å². The van der Waals surface area contributed by atoms with E-state index in [1.54, 1.807) is 14.0 Å². The Balaban J connectivity index is 3.22.